The third-order valence-corrected chi connectivity index (χ3v) is 5.99. The van der Waals surface area contributed by atoms with E-state index < -0.39 is 15.9 Å². The number of thiophene rings is 1. The zero-order valence-corrected chi connectivity index (χ0v) is 15.3. The van der Waals surface area contributed by atoms with Crippen LogP contribution in [0.1, 0.15) is 15.9 Å². The Balaban J connectivity index is 1.83. The second kappa shape index (κ2) is 7.69. The van der Waals surface area contributed by atoms with Crippen LogP contribution < -0.4 is 15.6 Å². The molecule has 1 amide bonds. The predicted octanol–water partition coefficient (Wildman–Crippen LogP) is 2.75. The van der Waals surface area contributed by atoms with Crippen molar-refractivity contribution in [1.29, 1.82) is 0 Å². The molecule has 0 saturated heterocycles. The minimum Gasteiger partial charge on any atom is -0.281 e. The molecule has 0 aliphatic carbocycles. The van der Waals surface area contributed by atoms with Gasteiger partial charge in [-0.2, -0.15) is 0 Å². The zero-order chi connectivity index (χ0) is 18.6. The van der Waals surface area contributed by atoms with Crippen molar-refractivity contribution in [2.45, 2.75) is 10.8 Å². The van der Waals surface area contributed by atoms with E-state index >= 15 is 0 Å². The quantitative estimate of drug-likeness (QED) is 0.636. The molecule has 0 saturated carbocycles. The lowest BCUT2D eigenvalue weighted by Gasteiger charge is -2.25. The summed E-state index contributed by atoms with van der Waals surface area (Å²) in [7, 11) is -3.82. The molecule has 2 aromatic carbocycles. The number of para-hydroxylation sites is 1. The predicted molar refractivity (Wildman–Crippen MR) is 102 cm³/mol. The van der Waals surface area contributed by atoms with E-state index in [-0.39, 0.29) is 9.77 Å². The zero-order valence-electron chi connectivity index (χ0n) is 13.7. The molecule has 0 aliphatic heterocycles. The number of hydrogen-bond donors (Lipinski definition) is 2. The van der Waals surface area contributed by atoms with E-state index in [0.29, 0.717) is 6.54 Å². The lowest BCUT2D eigenvalue weighted by Crippen LogP contribution is -2.41. The van der Waals surface area contributed by atoms with Gasteiger partial charge >= 0.3 is 0 Å². The molecule has 6 nitrogen and oxygen atoms in total. The van der Waals surface area contributed by atoms with Gasteiger partial charge in [-0.1, -0.05) is 48.5 Å². The summed E-state index contributed by atoms with van der Waals surface area (Å²) in [6.45, 7) is 0.461. The number of hydrogen-bond acceptors (Lipinski definition) is 5. The van der Waals surface area contributed by atoms with E-state index in [1.54, 1.807) is 5.01 Å². The second-order valence-electron chi connectivity index (χ2n) is 5.55. The van der Waals surface area contributed by atoms with Gasteiger partial charge in [-0.25, -0.2) is 13.6 Å². The number of carbonyl (C=O) groups is 1. The summed E-state index contributed by atoms with van der Waals surface area (Å²) in [5, 5.41) is 8.29. The molecule has 3 rings (SSSR count). The van der Waals surface area contributed by atoms with Gasteiger partial charge in [0, 0.05) is 5.38 Å². The Morgan fingerprint density at radius 3 is 2.23 bits per heavy atom. The van der Waals surface area contributed by atoms with Crippen LogP contribution in [0, 0.1) is 0 Å². The lowest BCUT2D eigenvalue weighted by molar-refractivity contribution is 0.0948. The highest BCUT2D eigenvalue weighted by atomic mass is 32.2. The summed E-state index contributed by atoms with van der Waals surface area (Å²) in [5.41, 5.74) is 4.90. The highest BCUT2D eigenvalue weighted by molar-refractivity contribution is 7.91. The summed E-state index contributed by atoms with van der Waals surface area (Å²) >= 11 is 0.919. The smallest absolute Gasteiger partial charge is 0.270 e. The second-order valence-corrected chi connectivity index (χ2v) is 8.25. The molecule has 0 aliphatic rings. The normalized spacial score (nSPS) is 11.1. The number of benzene rings is 2. The molecule has 0 atom stereocenters. The van der Waals surface area contributed by atoms with Crippen LogP contribution >= 0.6 is 11.3 Å². The highest BCUT2D eigenvalue weighted by Crippen LogP contribution is 2.20. The van der Waals surface area contributed by atoms with Crippen molar-refractivity contribution in [1.82, 2.24) is 5.43 Å². The fourth-order valence-corrected chi connectivity index (χ4v) is 3.93. The maximum absolute atomic E-state index is 12.6. The molecule has 0 bridgehead atoms. The van der Waals surface area contributed by atoms with Gasteiger partial charge in [0.15, 0.2) is 0 Å². The Bertz CT molecular complexity index is 987. The van der Waals surface area contributed by atoms with Gasteiger partial charge in [0.05, 0.1) is 17.8 Å². The number of rotatable bonds is 6. The van der Waals surface area contributed by atoms with Crippen LogP contribution in [0.3, 0.4) is 0 Å². The summed E-state index contributed by atoms with van der Waals surface area (Å²) < 4.78 is 22.8. The summed E-state index contributed by atoms with van der Waals surface area (Å²) in [5.74, 6) is -0.407. The number of nitrogens with two attached hydrogens (primary N) is 1. The maximum atomic E-state index is 12.6. The Kier molecular flexibility index (Phi) is 5.36. The molecule has 1 aromatic heterocycles. The van der Waals surface area contributed by atoms with E-state index in [2.05, 4.69) is 5.43 Å². The number of amides is 1. The first kappa shape index (κ1) is 18.1. The Morgan fingerprint density at radius 1 is 1.04 bits per heavy atom. The van der Waals surface area contributed by atoms with Crippen LogP contribution in [0.15, 0.2) is 76.3 Å². The van der Waals surface area contributed by atoms with E-state index in [0.717, 1.165) is 22.6 Å². The van der Waals surface area contributed by atoms with Gasteiger partial charge in [0.2, 0.25) is 10.0 Å². The molecule has 8 heteroatoms. The number of primary sulfonamides is 1. The molecule has 0 unspecified atom stereocenters. The molecule has 3 N–H and O–H groups in total. The third kappa shape index (κ3) is 4.48. The largest absolute Gasteiger partial charge is 0.281 e. The van der Waals surface area contributed by atoms with Crippen molar-refractivity contribution >= 4 is 33.0 Å². The number of nitrogens with zero attached hydrogens (tertiary/aromatic N) is 1. The fraction of sp³-hybridized carbons (Fsp3) is 0.0556. The number of anilines is 1. The Hall–Kier alpha value is -2.68. The van der Waals surface area contributed by atoms with Gasteiger partial charge in [-0.3, -0.25) is 15.2 Å². The van der Waals surface area contributed by atoms with Gasteiger partial charge in [-0.05, 0) is 23.8 Å². The lowest BCUT2D eigenvalue weighted by atomic mass is 10.2. The SMILES string of the molecule is NS(=O)(=O)c1cc(C(=O)NN(Cc2ccccc2)c2ccccc2)cs1. The first-order chi connectivity index (χ1) is 12.4. The average molecular weight is 387 g/mol. The van der Waals surface area contributed by atoms with Crippen LogP contribution in [0.2, 0.25) is 0 Å². The Morgan fingerprint density at radius 2 is 1.65 bits per heavy atom. The van der Waals surface area contributed by atoms with Crippen molar-refractivity contribution in [3.63, 3.8) is 0 Å². The number of hydrazine groups is 1. The molecule has 134 valence electrons. The average Bonchev–Trinajstić information content (AvgIpc) is 3.13. The molecular weight excluding hydrogens is 370 g/mol. The van der Waals surface area contributed by atoms with Crippen molar-refractivity contribution in [2.75, 3.05) is 5.01 Å². The summed E-state index contributed by atoms with van der Waals surface area (Å²) in [6.07, 6.45) is 0. The molecule has 1 heterocycles. The van der Waals surface area contributed by atoms with E-state index in [1.807, 2.05) is 60.7 Å². The van der Waals surface area contributed by atoms with Crippen molar-refractivity contribution < 1.29 is 13.2 Å². The molecular formula is C18H17N3O3S2. The maximum Gasteiger partial charge on any atom is 0.270 e. The number of nitrogens with one attached hydrogen (secondary N) is 1. The van der Waals surface area contributed by atoms with Crippen LogP contribution in [0.5, 0.6) is 0 Å². The number of carbonyl (C=O) groups excluding carboxylic acids is 1. The molecule has 0 spiro atoms. The van der Waals surface area contributed by atoms with Crippen LogP contribution in [0.25, 0.3) is 0 Å². The first-order valence-electron chi connectivity index (χ1n) is 7.72. The van der Waals surface area contributed by atoms with Crippen molar-refractivity contribution in [2.24, 2.45) is 5.14 Å². The third-order valence-electron chi connectivity index (χ3n) is 3.61. The van der Waals surface area contributed by atoms with Gasteiger partial charge in [-0.15, -0.1) is 11.3 Å². The number of sulfonamides is 1. The van der Waals surface area contributed by atoms with Gasteiger partial charge < -0.3 is 0 Å². The van der Waals surface area contributed by atoms with Crippen molar-refractivity contribution in [3.8, 4) is 0 Å². The standard InChI is InChI=1S/C18H17N3O3S2/c19-26(23,24)17-11-15(13-25-17)18(22)20-21(16-9-5-2-6-10-16)12-14-7-3-1-4-8-14/h1-11,13H,12H2,(H,20,22)(H2,19,23,24). The van der Waals surface area contributed by atoms with E-state index in [4.69, 9.17) is 5.14 Å². The van der Waals surface area contributed by atoms with Gasteiger partial charge in [0.1, 0.15) is 4.21 Å². The van der Waals surface area contributed by atoms with Crippen LogP contribution in [0.4, 0.5) is 5.69 Å². The minimum absolute atomic E-state index is 0.0445. The monoisotopic (exact) mass is 387 g/mol. The van der Waals surface area contributed by atoms with Crippen molar-refractivity contribution in [3.05, 3.63) is 83.2 Å². The molecule has 3 aromatic rings. The first-order valence-corrected chi connectivity index (χ1v) is 10.1. The minimum atomic E-state index is -3.82. The van der Waals surface area contributed by atoms with Crippen LogP contribution in [-0.2, 0) is 16.6 Å². The van der Waals surface area contributed by atoms with E-state index in [1.165, 1.54) is 11.4 Å². The Labute approximate surface area is 155 Å². The molecule has 0 radical (unpaired) electrons. The van der Waals surface area contributed by atoms with E-state index in [9.17, 15) is 13.2 Å². The molecule has 0 fully saturated rings. The van der Waals surface area contributed by atoms with Gasteiger partial charge in [0.25, 0.3) is 5.91 Å². The summed E-state index contributed by atoms with van der Waals surface area (Å²) in [6, 6.07) is 20.4. The highest BCUT2D eigenvalue weighted by Gasteiger charge is 2.17. The molecule has 26 heavy (non-hydrogen) atoms. The summed E-state index contributed by atoms with van der Waals surface area (Å²) in [4.78, 5) is 12.6. The topological polar surface area (TPSA) is 92.5 Å². The fourth-order valence-electron chi connectivity index (χ4n) is 2.34. The van der Waals surface area contributed by atoms with Crippen LogP contribution in [-0.4, -0.2) is 14.3 Å².